The van der Waals surface area contributed by atoms with Gasteiger partial charge in [0.1, 0.15) is 5.75 Å². The fourth-order valence-electron chi connectivity index (χ4n) is 2.44. The van der Waals surface area contributed by atoms with E-state index in [1.807, 2.05) is 47.7 Å². The Morgan fingerprint density at radius 2 is 2.00 bits per heavy atom. The molecular formula is C18H25ClN2O2S. The third-order valence-corrected chi connectivity index (χ3v) is 4.51. The number of ether oxygens (including phenoxy) is 1. The number of rotatable bonds is 9. The van der Waals surface area contributed by atoms with Gasteiger partial charge in [0.15, 0.2) is 0 Å². The van der Waals surface area contributed by atoms with E-state index in [-0.39, 0.29) is 18.3 Å². The highest BCUT2D eigenvalue weighted by Crippen LogP contribution is 2.22. The number of nitrogens with one attached hydrogen (secondary N) is 1. The van der Waals surface area contributed by atoms with Crippen molar-refractivity contribution in [2.24, 2.45) is 0 Å². The first-order chi connectivity index (χ1) is 11.2. The number of carbonyl (C=O) groups is 1. The number of nitrogens with zero attached hydrogens (tertiary/aromatic N) is 1. The molecule has 1 amide bonds. The molecule has 132 valence electrons. The van der Waals surface area contributed by atoms with Gasteiger partial charge in [0, 0.05) is 23.4 Å². The Bertz CT molecular complexity index is 605. The van der Waals surface area contributed by atoms with E-state index in [1.165, 1.54) is 4.88 Å². The predicted octanol–water partition coefficient (Wildman–Crippen LogP) is 3.71. The van der Waals surface area contributed by atoms with Gasteiger partial charge in [-0.05, 0) is 37.5 Å². The quantitative estimate of drug-likeness (QED) is 0.686. The van der Waals surface area contributed by atoms with Crippen LogP contribution in [0.15, 0.2) is 41.8 Å². The number of carbonyl (C=O) groups excluding carboxylic acids is 1. The maximum atomic E-state index is 12.6. The maximum absolute atomic E-state index is 12.6. The Morgan fingerprint density at radius 1 is 1.21 bits per heavy atom. The van der Waals surface area contributed by atoms with Crippen molar-refractivity contribution in [1.29, 1.82) is 0 Å². The van der Waals surface area contributed by atoms with Crippen LogP contribution in [0.25, 0.3) is 0 Å². The molecule has 0 unspecified atom stereocenters. The number of methoxy groups -OCH3 is 1. The van der Waals surface area contributed by atoms with E-state index in [9.17, 15) is 4.79 Å². The minimum atomic E-state index is 0. The SMILES string of the molecule is CNCCCC(=O)N(Cc1cccs1)Cc1ccccc1OC.Cl. The highest BCUT2D eigenvalue weighted by Gasteiger charge is 2.16. The number of halogens is 1. The topological polar surface area (TPSA) is 41.6 Å². The molecule has 1 aromatic carbocycles. The maximum Gasteiger partial charge on any atom is 0.223 e. The summed E-state index contributed by atoms with van der Waals surface area (Å²) in [5.41, 5.74) is 1.04. The van der Waals surface area contributed by atoms with Crippen molar-refractivity contribution in [3.63, 3.8) is 0 Å². The van der Waals surface area contributed by atoms with Crippen LogP contribution in [0, 0.1) is 0 Å². The molecule has 0 saturated carbocycles. The van der Waals surface area contributed by atoms with Gasteiger partial charge in [0.2, 0.25) is 5.91 Å². The van der Waals surface area contributed by atoms with E-state index in [1.54, 1.807) is 18.4 Å². The van der Waals surface area contributed by atoms with Gasteiger partial charge in [-0.15, -0.1) is 23.7 Å². The number of hydrogen-bond acceptors (Lipinski definition) is 4. The first kappa shape index (κ1) is 20.5. The second-order valence-electron chi connectivity index (χ2n) is 5.35. The molecule has 0 aliphatic rings. The zero-order chi connectivity index (χ0) is 16.5. The van der Waals surface area contributed by atoms with Crippen molar-refractivity contribution in [1.82, 2.24) is 10.2 Å². The molecule has 0 spiro atoms. The summed E-state index contributed by atoms with van der Waals surface area (Å²) in [4.78, 5) is 15.7. The minimum Gasteiger partial charge on any atom is -0.496 e. The summed E-state index contributed by atoms with van der Waals surface area (Å²) >= 11 is 1.68. The zero-order valence-electron chi connectivity index (χ0n) is 14.2. The third-order valence-electron chi connectivity index (χ3n) is 3.65. The summed E-state index contributed by atoms with van der Waals surface area (Å²) < 4.78 is 5.41. The van der Waals surface area contributed by atoms with Crippen LogP contribution in [0.2, 0.25) is 0 Å². The molecule has 0 saturated heterocycles. The molecule has 2 aromatic rings. The van der Waals surface area contributed by atoms with E-state index < -0.39 is 0 Å². The molecular weight excluding hydrogens is 344 g/mol. The minimum absolute atomic E-state index is 0. The number of para-hydroxylation sites is 1. The summed E-state index contributed by atoms with van der Waals surface area (Å²) in [6.45, 7) is 2.07. The van der Waals surface area contributed by atoms with Gasteiger partial charge in [-0.3, -0.25) is 4.79 Å². The lowest BCUT2D eigenvalue weighted by Gasteiger charge is -2.23. The van der Waals surface area contributed by atoms with Gasteiger partial charge in [0.25, 0.3) is 0 Å². The summed E-state index contributed by atoms with van der Waals surface area (Å²) in [5, 5.41) is 5.13. The Labute approximate surface area is 154 Å². The Balaban J connectivity index is 0.00000288. The third kappa shape index (κ3) is 6.15. The molecule has 24 heavy (non-hydrogen) atoms. The number of thiophene rings is 1. The van der Waals surface area contributed by atoms with Crippen LogP contribution in [0.1, 0.15) is 23.3 Å². The van der Waals surface area contributed by atoms with Gasteiger partial charge in [0.05, 0.1) is 13.7 Å². The fraction of sp³-hybridized carbons (Fsp3) is 0.389. The van der Waals surface area contributed by atoms with Crippen molar-refractivity contribution >= 4 is 29.7 Å². The van der Waals surface area contributed by atoms with Crippen LogP contribution in [-0.2, 0) is 17.9 Å². The largest absolute Gasteiger partial charge is 0.496 e. The lowest BCUT2D eigenvalue weighted by Crippen LogP contribution is -2.30. The second kappa shape index (κ2) is 11.1. The molecule has 0 fully saturated rings. The Morgan fingerprint density at radius 3 is 2.67 bits per heavy atom. The first-order valence-corrected chi connectivity index (χ1v) is 8.69. The summed E-state index contributed by atoms with van der Waals surface area (Å²) in [7, 11) is 3.57. The molecule has 1 N–H and O–H groups in total. The molecule has 0 aliphatic heterocycles. The molecule has 1 aromatic heterocycles. The summed E-state index contributed by atoms with van der Waals surface area (Å²) in [5.74, 6) is 1.01. The number of hydrogen-bond donors (Lipinski definition) is 1. The van der Waals surface area contributed by atoms with Crippen molar-refractivity contribution < 1.29 is 9.53 Å². The molecule has 0 aliphatic carbocycles. The van der Waals surface area contributed by atoms with Gasteiger partial charge < -0.3 is 15.0 Å². The second-order valence-corrected chi connectivity index (χ2v) is 6.38. The van der Waals surface area contributed by atoms with E-state index in [0.717, 1.165) is 24.3 Å². The van der Waals surface area contributed by atoms with Gasteiger partial charge in [-0.1, -0.05) is 24.3 Å². The molecule has 0 radical (unpaired) electrons. The van der Waals surface area contributed by atoms with Crippen molar-refractivity contribution in [3.05, 3.63) is 52.2 Å². The van der Waals surface area contributed by atoms with E-state index in [4.69, 9.17) is 4.74 Å². The lowest BCUT2D eigenvalue weighted by atomic mass is 10.1. The van der Waals surface area contributed by atoms with Crippen LogP contribution in [0.4, 0.5) is 0 Å². The van der Waals surface area contributed by atoms with Crippen LogP contribution >= 0.6 is 23.7 Å². The molecule has 0 atom stereocenters. The van der Waals surface area contributed by atoms with E-state index >= 15 is 0 Å². The van der Waals surface area contributed by atoms with Crippen molar-refractivity contribution in [3.8, 4) is 5.75 Å². The fourth-order valence-corrected chi connectivity index (χ4v) is 3.16. The summed E-state index contributed by atoms with van der Waals surface area (Å²) in [6.07, 6.45) is 1.41. The van der Waals surface area contributed by atoms with E-state index in [0.29, 0.717) is 19.5 Å². The smallest absolute Gasteiger partial charge is 0.223 e. The van der Waals surface area contributed by atoms with Gasteiger partial charge in [-0.2, -0.15) is 0 Å². The highest BCUT2D eigenvalue weighted by molar-refractivity contribution is 7.09. The normalized spacial score (nSPS) is 10.1. The monoisotopic (exact) mass is 368 g/mol. The predicted molar refractivity (Wildman–Crippen MR) is 102 cm³/mol. The molecule has 2 rings (SSSR count). The average Bonchev–Trinajstić information content (AvgIpc) is 3.08. The molecule has 6 heteroatoms. The highest BCUT2D eigenvalue weighted by atomic mass is 35.5. The van der Waals surface area contributed by atoms with Crippen molar-refractivity contribution in [2.75, 3.05) is 20.7 Å². The Hall–Kier alpha value is -1.56. The van der Waals surface area contributed by atoms with Crippen LogP contribution in [0.3, 0.4) is 0 Å². The van der Waals surface area contributed by atoms with Gasteiger partial charge >= 0.3 is 0 Å². The number of amides is 1. The number of benzene rings is 1. The van der Waals surface area contributed by atoms with E-state index in [2.05, 4.69) is 11.4 Å². The van der Waals surface area contributed by atoms with Gasteiger partial charge in [-0.25, -0.2) is 0 Å². The zero-order valence-corrected chi connectivity index (χ0v) is 15.8. The molecule has 1 heterocycles. The van der Waals surface area contributed by atoms with Crippen LogP contribution in [0.5, 0.6) is 5.75 Å². The molecule has 4 nitrogen and oxygen atoms in total. The average molecular weight is 369 g/mol. The van der Waals surface area contributed by atoms with Crippen LogP contribution in [-0.4, -0.2) is 31.5 Å². The van der Waals surface area contributed by atoms with Crippen LogP contribution < -0.4 is 10.1 Å². The first-order valence-electron chi connectivity index (χ1n) is 7.81. The standard InChI is InChI=1S/C18H24N2O2S.ClH/c1-19-11-5-10-18(21)20(14-16-8-6-12-23-16)13-15-7-3-4-9-17(15)22-2;/h3-4,6-9,12,19H,5,10-11,13-14H2,1-2H3;1H. The Kier molecular flexibility index (Phi) is 9.45. The molecule has 0 bridgehead atoms. The lowest BCUT2D eigenvalue weighted by molar-refractivity contribution is -0.132. The van der Waals surface area contributed by atoms with Crippen molar-refractivity contribution in [2.45, 2.75) is 25.9 Å². The summed E-state index contributed by atoms with van der Waals surface area (Å²) in [6, 6.07) is 12.0.